The molecule has 0 bridgehead atoms. The van der Waals surface area contributed by atoms with Gasteiger partial charge in [0.15, 0.2) is 0 Å². The first kappa shape index (κ1) is 16.9. The average Bonchev–Trinajstić information content (AvgIpc) is 2.27. The lowest BCUT2D eigenvalue weighted by Crippen LogP contribution is -2.60. The Balaban J connectivity index is 4.74. The van der Waals surface area contributed by atoms with E-state index >= 15 is 0 Å². The molecule has 0 saturated heterocycles. The standard InChI is InChI=1S/C15H34N2/c1-9-12(4)16-13(14(5,6)10-2)17-15(7,8)11-3/h12-13,16-17H,9-11H2,1-8H3. The molecule has 0 aromatic rings. The van der Waals surface area contributed by atoms with E-state index < -0.39 is 0 Å². The quantitative estimate of drug-likeness (QED) is 0.631. The van der Waals surface area contributed by atoms with Crippen LogP contribution in [0.1, 0.15) is 74.7 Å². The maximum atomic E-state index is 3.79. The van der Waals surface area contributed by atoms with E-state index in [1.54, 1.807) is 0 Å². The molecule has 2 nitrogen and oxygen atoms in total. The second kappa shape index (κ2) is 6.75. The fraction of sp³-hybridized carbons (Fsp3) is 1.00. The second-order valence-corrected chi connectivity index (χ2v) is 6.63. The minimum atomic E-state index is 0.192. The second-order valence-electron chi connectivity index (χ2n) is 6.63. The third kappa shape index (κ3) is 5.87. The normalized spacial score (nSPS) is 16.9. The highest BCUT2D eigenvalue weighted by Crippen LogP contribution is 2.26. The Bertz CT molecular complexity index is 209. The summed E-state index contributed by atoms with van der Waals surface area (Å²) in [4.78, 5) is 0. The average molecular weight is 242 g/mol. The summed E-state index contributed by atoms with van der Waals surface area (Å²) in [6.45, 7) is 18.3. The van der Waals surface area contributed by atoms with Crippen LogP contribution in [0.15, 0.2) is 0 Å². The van der Waals surface area contributed by atoms with Crippen LogP contribution >= 0.6 is 0 Å². The molecule has 2 N–H and O–H groups in total. The molecule has 0 aliphatic carbocycles. The lowest BCUT2D eigenvalue weighted by molar-refractivity contribution is 0.141. The van der Waals surface area contributed by atoms with Gasteiger partial charge in [0, 0.05) is 11.6 Å². The Kier molecular flexibility index (Phi) is 6.71. The van der Waals surface area contributed by atoms with Gasteiger partial charge in [0.1, 0.15) is 0 Å². The summed E-state index contributed by atoms with van der Waals surface area (Å²) in [5.41, 5.74) is 0.466. The van der Waals surface area contributed by atoms with E-state index in [-0.39, 0.29) is 11.0 Å². The Morgan fingerprint density at radius 2 is 1.47 bits per heavy atom. The Hall–Kier alpha value is -0.0800. The highest BCUT2D eigenvalue weighted by molar-refractivity contribution is 4.89. The molecule has 2 heteroatoms. The van der Waals surface area contributed by atoms with Gasteiger partial charge in [-0.15, -0.1) is 0 Å². The maximum Gasteiger partial charge on any atom is 0.0630 e. The van der Waals surface area contributed by atoms with Crippen LogP contribution in [0.4, 0.5) is 0 Å². The molecule has 0 aromatic carbocycles. The van der Waals surface area contributed by atoms with Crippen LogP contribution in [-0.2, 0) is 0 Å². The monoisotopic (exact) mass is 242 g/mol. The molecule has 0 saturated carbocycles. The van der Waals surface area contributed by atoms with Crippen LogP contribution in [0, 0.1) is 5.41 Å². The van der Waals surface area contributed by atoms with E-state index in [1.165, 1.54) is 12.8 Å². The molecule has 0 aliphatic heterocycles. The van der Waals surface area contributed by atoms with Crippen LogP contribution in [-0.4, -0.2) is 17.7 Å². The van der Waals surface area contributed by atoms with Gasteiger partial charge in [-0.2, -0.15) is 0 Å². The van der Waals surface area contributed by atoms with Crippen LogP contribution in [0.5, 0.6) is 0 Å². The summed E-state index contributed by atoms with van der Waals surface area (Å²) in [5.74, 6) is 0. The van der Waals surface area contributed by atoms with Crippen LogP contribution in [0.25, 0.3) is 0 Å². The van der Waals surface area contributed by atoms with Crippen molar-refractivity contribution >= 4 is 0 Å². The summed E-state index contributed by atoms with van der Waals surface area (Å²) in [7, 11) is 0. The highest BCUT2D eigenvalue weighted by Gasteiger charge is 2.32. The van der Waals surface area contributed by atoms with E-state index in [4.69, 9.17) is 0 Å². The van der Waals surface area contributed by atoms with Crippen molar-refractivity contribution in [3.8, 4) is 0 Å². The van der Waals surface area contributed by atoms with Crippen molar-refractivity contribution in [2.75, 3.05) is 0 Å². The van der Waals surface area contributed by atoms with E-state index in [0.29, 0.717) is 12.2 Å². The lowest BCUT2D eigenvalue weighted by atomic mass is 9.84. The summed E-state index contributed by atoms with van der Waals surface area (Å²) in [6.07, 6.45) is 3.86. The maximum absolute atomic E-state index is 3.79. The van der Waals surface area contributed by atoms with E-state index in [0.717, 1.165) is 6.42 Å². The minimum absolute atomic E-state index is 0.192. The Morgan fingerprint density at radius 1 is 0.941 bits per heavy atom. The third-order valence-electron chi connectivity index (χ3n) is 4.18. The molecular weight excluding hydrogens is 208 g/mol. The minimum Gasteiger partial charge on any atom is -0.299 e. The van der Waals surface area contributed by atoms with Crippen molar-refractivity contribution < 1.29 is 0 Å². The van der Waals surface area contributed by atoms with Gasteiger partial charge in [0.25, 0.3) is 0 Å². The zero-order chi connectivity index (χ0) is 13.7. The molecule has 0 heterocycles. The third-order valence-corrected chi connectivity index (χ3v) is 4.18. The van der Waals surface area contributed by atoms with Crippen molar-refractivity contribution in [1.82, 2.24) is 10.6 Å². The van der Waals surface area contributed by atoms with Gasteiger partial charge in [-0.05, 0) is 45.4 Å². The van der Waals surface area contributed by atoms with Gasteiger partial charge >= 0.3 is 0 Å². The molecule has 0 amide bonds. The fourth-order valence-electron chi connectivity index (χ4n) is 1.56. The van der Waals surface area contributed by atoms with Crippen molar-refractivity contribution in [3.63, 3.8) is 0 Å². The topological polar surface area (TPSA) is 24.1 Å². The van der Waals surface area contributed by atoms with Gasteiger partial charge in [-0.25, -0.2) is 0 Å². The van der Waals surface area contributed by atoms with Crippen molar-refractivity contribution in [2.24, 2.45) is 5.41 Å². The van der Waals surface area contributed by atoms with Gasteiger partial charge in [-0.3, -0.25) is 10.6 Å². The SMILES string of the molecule is CCC(C)NC(NC(C)(C)CC)C(C)(C)CC. The smallest absolute Gasteiger partial charge is 0.0630 e. The molecule has 0 fully saturated rings. The molecule has 0 aromatic heterocycles. The molecule has 2 unspecified atom stereocenters. The molecule has 0 aliphatic rings. The first-order valence-electron chi connectivity index (χ1n) is 7.22. The molecule has 0 rings (SSSR count). The van der Waals surface area contributed by atoms with Crippen LogP contribution < -0.4 is 10.6 Å². The molecular formula is C15H34N2. The lowest BCUT2D eigenvalue weighted by Gasteiger charge is -2.42. The molecule has 0 radical (unpaired) electrons. The first-order valence-corrected chi connectivity index (χ1v) is 7.22. The van der Waals surface area contributed by atoms with Crippen molar-refractivity contribution in [1.29, 1.82) is 0 Å². The summed E-state index contributed by atoms with van der Waals surface area (Å²) in [5, 5.41) is 7.53. The zero-order valence-electron chi connectivity index (χ0n) is 13.3. The molecule has 0 spiro atoms. The number of nitrogens with one attached hydrogen (secondary N) is 2. The number of hydrogen-bond donors (Lipinski definition) is 2. The van der Waals surface area contributed by atoms with E-state index in [9.17, 15) is 0 Å². The predicted molar refractivity (Wildman–Crippen MR) is 78.3 cm³/mol. The molecule has 2 atom stereocenters. The fourth-order valence-corrected chi connectivity index (χ4v) is 1.56. The summed E-state index contributed by atoms with van der Waals surface area (Å²) in [6, 6.07) is 0.561. The van der Waals surface area contributed by atoms with Crippen molar-refractivity contribution in [3.05, 3.63) is 0 Å². The Labute approximate surface area is 109 Å². The van der Waals surface area contributed by atoms with Crippen molar-refractivity contribution in [2.45, 2.75) is 92.4 Å². The van der Waals surface area contributed by atoms with Crippen LogP contribution in [0.3, 0.4) is 0 Å². The highest BCUT2D eigenvalue weighted by atomic mass is 15.2. The Morgan fingerprint density at radius 3 is 1.82 bits per heavy atom. The molecule has 17 heavy (non-hydrogen) atoms. The summed E-state index contributed by atoms with van der Waals surface area (Å²) < 4.78 is 0. The predicted octanol–water partition coefficient (Wildman–Crippen LogP) is 3.92. The van der Waals surface area contributed by atoms with E-state index in [2.05, 4.69) is 66.0 Å². The van der Waals surface area contributed by atoms with Gasteiger partial charge in [0.05, 0.1) is 6.17 Å². The van der Waals surface area contributed by atoms with Gasteiger partial charge < -0.3 is 0 Å². The summed E-state index contributed by atoms with van der Waals surface area (Å²) >= 11 is 0. The number of rotatable bonds is 8. The zero-order valence-corrected chi connectivity index (χ0v) is 13.3. The molecule has 104 valence electrons. The van der Waals surface area contributed by atoms with Crippen LogP contribution in [0.2, 0.25) is 0 Å². The van der Waals surface area contributed by atoms with E-state index in [1.807, 2.05) is 0 Å². The van der Waals surface area contributed by atoms with Gasteiger partial charge in [-0.1, -0.05) is 34.6 Å². The largest absolute Gasteiger partial charge is 0.299 e. The number of hydrogen-bond acceptors (Lipinski definition) is 2. The first-order chi connectivity index (χ1) is 7.68. The van der Waals surface area contributed by atoms with Gasteiger partial charge in [0.2, 0.25) is 0 Å².